The number of nitrogens with one attached hydrogen (secondary N) is 7. The molecule has 0 heterocycles. The van der Waals surface area contributed by atoms with Gasteiger partial charge in [-0.15, -0.1) is 13.2 Å². The molecule has 0 radical (unpaired) electrons. The van der Waals surface area contributed by atoms with Gasteiger partial charge < -0.3 is 99.4 Å². The van der Waals surface area contributed by atoms with E-state index in [-0.39, 0.29) is 30.5 Å². The van der Waals surface area contributed by atoms with Crippen molar-refractivity contribution in [1.82, 2.24) is 37.2 Å². The van der Waals surface area contributed by atoms with Crippen molar-refractivity contribution < 1.29 is 43.1 Å². The highest BCUT2D eigenvalue weighted by Crippen LogP contribution is 2.26. The van der Waals surface area contributed by atoms with Gasteiger partial charge in [-0.1, -0.05) is 53.3 Å². The SMILES string of the molecule is C=CCOCC(CC)(COCC=C)COC(=O)C(=C)C.CCC(COCC(C)CNCCCNCCCN)(COCC(C)CNCCCNCCCN)COC(=O)C(C)CNCCCNCCCN.CO.NCCCNCCCN. The molecule has 0 spiro atoms. The second-order valence-corrected chi connectivity index (χ2v) is 20.8. The van der Waals surface area contributed by atoms with E-state index in [0.717, 1.165) is 183 Å². The van der Waals surface area contributed by atoms with Crippen molar-refractivity contribution in [3.05, 3.63) is 37.5 Å². The number of aliphatic hydroxyl groups excluding tert-OH is 1. The van der Waals surface area contributed by atoms with Gasteiger partial charge in [0.15, 0.2) is 0 Å². The number of esters is 2. The first kappa shape index (κ1) is 83.9. The van der Waals surface area contributed by atoms with Crippen LogP contribution >= 0.6 is 0 Å². The van der Waals surface area contributed by atoms with Crippen LogP contribution in [-0.4, -0.2) is 215 Å². The van der Waals surface area contributed by atoms with Gasteiger partial charge in [0.2, 0.25) is 0 Å². The molecule has 0 aromatic carbocycles. The molecule has 3 atom stereocenters. The van der Waals surface area contributed by atoms with Gasteiger partial charge in [0.05, 0.1) is 69.6 Å². The monoisotopic (exact) mass is 1150 g/mol. The Bertz CT molecular complexity index is 1300. The number of carbonyl (C=O) groups excluding carboxylic acids is 2. The summed E-state index contributed by atoms with van der Waals surface area (Å²) in [6.45, 7) is 44.2. The highest BCUT2D eigenvalue weighted by molar-refractivity contribution is 5.86. The lowest BCUT2D eigenvalue weighted by Gasteiger charge is -2.33. The number of carbonyl (C=O) groups is 2. The predicted octanol–water partition coefficient (Wildman–Crippen LogP) is 2.41. The minimum atomic E-state index is -0.400. The Morgan fingerprint density at radius 1 is 0.475 bits per heavy atom. The van der Waals surface area contributed by atoms with Crippen LogP contribution in [0.2, 0.25) is 0 Å². The minimum absolute atomic E-state index is 0.184. The molecule has 0 aromatic heterocycles. The Hall–Kier alpha value is -2.52. The first-order valence-electron chi connectivity index (χ1n) is 30.2. The van der Waals surface area contributed by atoms with Gasteiger partial charge in [-0.05, 0) is 201 Å². The number of hydrogen-bond donors (Lipinski definition) is 13. The summed E-state index contributed by atoms with van der Waals surface area (Å²) in [7, 11) is 1.00. The van der Waals surface area contributed by atoms with E-state index in [2.05, 4.69) is 77.7 Å². The van der Waals surface area contributed by atoms with Crippen molar-refractivity contribution in [2.24, 2.45) is 57.3 Å². The minimum Gasteiger partial charge on any atom is -0.465 e. The van der Waals surface area contributed by atoms with Crippen molar-refractivity contribution in [3.8, 4) is 0 Å². The van der Waals surface area contributed by atoms with Gasteiger partial charge >= 0.3 is 11.9 Å². The van der Waals surface area contributed by atoms with E-state index >= 15 is 0 Å². The molecule has 18 N–H and O–H groups in total. The third-order valence-electron chi connectivity index (χ3n) is 12.5. The van der Waals surface area contributed by atoms with E-state index in [0.29, 0.717) is 83.4 Å². The molecule has 0 aliphatic rings. The Kier molecular flexibility index (Phi) is 68.9. The molecule has 0 amide bonds. The van der Waals surface area contributed by atoms with Crippen LogP contribution in [0, 0.1) is 28.6 Å². The fourth-order valence-corrected chi connectivity index (χ4v) is 7.11. The van der Waals surface area contributed by atoms with Crippen LogP contribution in [0.25, 0.3) is 0 Å². The number of nitrogens with two attached hydrogens (primary N) is 5. The van der Waals surface area contributed by atoms with Crippen LogP contribution in [0.1, 0.15) is 106 Å². The fraction of sp³-hybridized carbons (Fsp3) is 0.864. The summed E-state index contributed by atoms with van der Waals surface area (Å²) < 4.78 is 34.8. The Morgan fingerprint density at radius 2 is 0.775 bits per heavy atom. The lowest BCUT2D eigenvalue weighted by Crippen LogP contribution is -2.40. The third-order valence-corrected chi connectivity index (χ3v) is 12.5. The van der Waals surface area contributed by atoms with E-state index in [9.17, 15) is 9.59 Å². The highest BCUT2D eigenvalue weighted by Gasteiger charge is 2.33. The molecule has 0 saturated heterocycles. The molecule has 0 aromatic rings. The van der Waals surface area contributed by atoms with Gasteiger partial charge in [-0.3, -0.25) is 4.79 Å². The van der Waals surface area contributed by atoms with E-state index < -0.39 is 11.4 Å². The van der Waals surface area contributed by atoms with Crippen molar-refractivity contribution in [2.45, 2.75) is 106 Å². The summed E-state index contributed by atoms with van der Waals surface area (Å²) >= 11 is 0. The van der Waals surface area contributed by atoms with Crippen LogP contribution in [0.15, 0.2) is 37.5 Å². The van der Waals surface area contributed by atoms with Gasteiger partial charge in [0.1, 0.15) is 13.2 Å². The summed E-state index contributed by atoms with van der Waals surface area (Å²) in [5, 5.41) is 30.9. The zero-order chi connectivity index (χ0) is 60.6. The first-order valence-corrected chi connectivity index (χ1v) is 30.2. The quantitative estimate of drug-likeness (QED) is 0.0180. The molecule has 0 aliphatic heterocycles. The molecule has 0 fully saturated rings. The van der Waals surface area contributed by atoms with E-state index in [4.69, 9.17) is 62.2 Å². The molecule has 478 valence electrons. The van der Waals surface area contributed by atoms with Crippen LogP contribution < -0.4 is 65.9 Å². The molecule has 80 heavy (non-hydrogen) atoms. The van der Waals surface area contributed by atoms with Crippen molar-refractivity contribution in [2.75, 3.05) is 198 Å². The van der Waals surface area contributed by atoms with Gasteiger partial charge in [0.25, 0.3) is 0 Å². The van der Waals surface area contributed by atoms with Crippen LogP contribution in [0.3, 0.4) is 0 Å². The molecule has 21 nitrogen and oxygen atoms in total. The summed E-state index contributed by atoms with van der Waals surface area (Å²) in [5.41, 5.74) is 26.8. The second kappa shape index (κ2) is 65.6. The normalized spacial score (nSPS) is 13.0. The number of ether oxygens (including phenoxy) is 6. The van der Waals surface area contributed by atoms with Crippen molar-refractivity contribution in [1.29, 1.82) is 0 Å². The van der Waals surface area contributed by atoms with Crippen molar-refractivity contribution >= 4 is 11.9 Å². The lowest BCUT2D eigenvalue weighted by molar-refractivity contribution is -0.156. The Balaban J connectivity index is -0.000000756. The summed E-state index contributed by atoms with van der Waals surface area (Å²) in [4.78, 5) is 24.5. The third kappa shape index (κ3) is 57.3. The van der Waals surface area contributed by atoms with Gasteiger partial charge in [-0.2, -0.15) is 0 Å². The molecular weight excluding hydrogens is 1020 g/mol. The van der Waals surface area contributed by atoms with E-state index in [1.807, 2.05) is 13.8 Å². The average Bonchev–Trinajstić information content (AvgIpc) is 3.46. The summed E-state index contributed by atoms with van der Waals surface area (Å²) in [6, 6.07) is 0. The summed E-state index contributed by atoms with van der Waals surface area (Å²) in [5.74, 6) is -0.0726. The maximum atomic E-state index is 13.0. The van der Waals surface area contributed by atoms with Crippen molar-refractivity contribution in [3.63, 3.8) is 0 Å². The van der Waals surface area contributed by atoms with Crippen LogP contribution in [0.5, 0.6) is 0 Å². The topological polar surface area (TPSA) is 324 Å². The molecule has 0 rings (SSSR count). The zero-order valence-corrected chi connectivity index (χ0v) is 52.2. The molecular formula is C59H128N12O9. The first-order chi connectivity index (χ1) is 38.8. The molecule has 0 aliphatic carbocycles. The number of hydrogen-bond acceptors (Lipinski definition) is 21. The fourth-order valence-electron chi connectivity index (χ4n) is 7.11. The molecule has 0 saturated carbocycles. The Morgan fingerprint density at radius 3 is 1.09 bits per heavy atom. The second-order valence-electron chi connectivity index (χ2n) is 20.8. The van der Waals surface area contributed by atoms with E-state index in [1.54, 1.807) is 19.1 Å². The predicted molar refractivity (Wildman–Crippen MR) is 334 cm³/mol. The molecule has 21 heteroatoms. The van der Waals surface area contributed by atoms with Gasteiger partial charge in [0, 0.05) is 19.2 Å². The molecule has 3 unspecified atom stereocenters. The zero-order valence-electron chi connectivity index (χ0n) is 52.2. The van der Waals surface area contributed by atoms with Gasteiger partial charge in [-0.25, -0.2) is 4.79 Å². The average molecular weight is 1150 g/mol. The summed E-state index contributed by atoms with van der Waals surface area (Å²) in [6.07, 6.45) is 13.2. The maximum absolute atomic E-state index is 13.0. The molecule has 0 bridgehead atoms. The number of aliphatic hydroxyl groups is 1. The maximum Gasteiger partial charge on any atom is 0.333 e. The highest BCUT2D eigenvalue weighted by atomic mass is 16.5. The van der Waals surface area contributed by atoms with Crippen LogP contribution in [0.4, 0.5) is 0 Å². The standard InChI is InChI=1S/C36H81N9O4.C16H26O4.C6H17N3.CH4O/c1-5-36(29-47-27-32(2)24-43-21-9-18-40-15-6-12-37,30-48-28-33(3)25-44-22-10-19-41-16-7-13-38)31-49-35(46)34(4)26-45-23-11-20-42-17-8-14-39;1-6-9-18-11-16(8-3,12-19-10-7-2)13-20-15(17)14(4)5;7-3-1-5-9-6-2-4-8;1-2/h32-34,40-45H,5-31,37-39H2,1-4H3;6-7H,1-2,4,8-13H2,3,5H3;9H,1-8H2;2H,1H3. The van der Waals surface area contributed by atoms with E-state index in [1.165, 1.54) is 0 Å². The largest absolute Gasteiger partial charge is 0.465 e. The van der Waals surface area contributed by atoms with Crippen LogP contribution in [-0.2, 0) is 38.0 Å². The smallest absolute Gasteiger partial charge is 0.333 e. The Labute approximate surface area is 488 Å². The lowest BCUT2D eigenvalue weighted by atomic mass is 9.87. The number of rotatable bonds is 57.